The number of unbranched alkanes of at least 4 members (excludes halogenated alkanes) is 6. The fourth-order valence-electron chi connectivity index (χ4n) is 10.3. The van der Waals surface area contributed by atoms with E-state index in [9.17, 15) is 61.0 Å². The molecule has 540 valence electrons. The third kappa shape index (κ3) is 36.6. The Kier molecular flexibility index (Phi) is 49.4. The molecular formula is C77H119NO18. The monoisotopic (exact) mass is 1350 g/mol. The average Bonchev–Trinajstić information content (AvgIpc) is 0.849. The van der Waals surface area contributed by atoms with E-state index in [1.807, 2.05) is 0 Å². The van der Waals surface area contributed by atoms with Crippen LogP contribution in [0.2, 0.25) is 0 Å². The first-order chi connectivity index (χ1) is 46.8. The number of ether oxygens (including phenoxy) is 6. The molecule has 19 heteroatoms. The molecule has 0 bridgehead atoms. The molecule has 0 spiro atoms. The van der Waals surface area contributed by atoms with Crippen molar-refractivity contribution in [2.24, 2.45) is 0 Å². The van der Waals surface area contributed by atoms with Crippen LogP contribution in [-0.2, 0) is 33.2 Å². The highest BCUT2D eigenvalue weighted by atomic mass is 16.8. The minimum Gasteiger partial charge on any atom is -0.394 e. The summed E-state index contributed by atoms with van der Waals surface area (Å²) >= 11 is 0. The van der Waals surface area contributed by atoms with Gasteiger partial charge in [-0.25, -0.2) is 0 Å². The predicted molar refractivity (Wildman–Crippen MR) is 378 cm³/mol. The summed E-state index contributed by atoms with van der Waals surface area (Å²) in [5.74, 6) is -0.326. The molecular weight excluding hydrogens is 1230 g/mol. The normalized spacial score (nSPS) is 28.2. The van der Waals surface area contributed by atoms with Crippen molar-refractivity contribution in [2.45, 2.75) is 266 Å². The van der Waals surface area contributed by atoms with Crippen LogP contribution in [0.15, 0.2) is 182 Å². The van der Waals surface area contributed by atoms with Crippen molar-refractivity contribution in [2.75, 3.05) is 26.4 Å². The van der Waals surface area contributed by atoms with Crippen molar-refractivity contribution >= 4 is 5.91 Å². The number of hydrogen-bond acceptors (Lipinski definition) is 18. The second kappa shape index (κ2) is 55.7. The molecule has 0 aromatic rings. The number of rotatable bonds is 50. The van der Waals surface area contributed by atoms with Gasteiger partial charge in [-0.05, 0) is 128 Å². The van der Waals surface area contributed by atoms with Gasteiger partial charge in [-0.2, -0.15) is 0 Å². The van der Waals surface area contributed by atoms with Gasteiger partial charge in [-0.3, -0.25) is 4.79 Å². The molecule has 19 nitrogen and oxygen atoms in total. The molecule has 3 aliphatic rings. The zero-order chi connectivity index (χ0) is 69.6. The van der Waals surface area contributed by atoms with E-state index in [1.54, 1.807) is 12.2 Å². The molecule has 96 heavy (non-hydrogen) atoms. The van der Waals surface area contributed by atoms with Crippen molar-refractivity contribution in [3.63, 3.8) is 0 Å². The van der Waals surface area contributed by atoms with Crippen molar-refractivity contribution in [1.29, 1.82) is 0 Å². The number of amides is 1. The Morgan fingerprint density at radius 3 is 1.11 bits per heavy atom. The Morgan fingerprint density at radius 2 is 0.698 bits per heavy atom. The second-order valence-electron chi connectivity index (χ2n) is 23.9. The third-order valence-corrected chi connectivity index (χ3v) is 15.9. The lowest BCUT2D eigenvalue weighted by atomic mass is 9.96. The number of nitrogens with one attached hydrogen (secondary N) is 1. The molecule has 0 saturated carbocycles. The van der Waals surface area contributed by atoms with E-state index >= 15 is 0 Å². The summed E-state index contributed by atoms with van der Waals surface area (Å²) in [7, 11) is 0. The van der Waals surface area contributed by atoms with Gasteiger partial charge in [-0.15, -0.1) is 0 Å². The molecule has 0 radical (unpaired) electrons. The van der Waals surface area contributed by atoms with Crippen molar-refractivity contribution in [3.05, 3.63) is 182 Å². The summed E-state index contributed by atoms with van der Waals surface area (Å²) in [5.41, 5.74) is 0. The largest absolute Gasteiger partial charge is 0.394 e. The van der Waals surface area contributed by atoms with Gasteiger partial charge in [0.1, 0.15) is 73.2 Å². The van der Waals surface area contributed by atoms with Crippen LogP contribution in [0.1, 0.15) is 162 Å². The van der Waals surface area contributed by atoms with E-state index in [0.717, 1.165) is 128 Å². The molecule has 3 heterocycles. The van der Waals surface area contributed by atoms with Gasteiger partial charge in [0.2, 0.25) is 5.91 Å². The minimum absolute atomic E-state index is 0.189. The Balaban J connectivity index is 1.34. The van der Waals surface area contributed by atoms with Crippen molar-refractivity contribution in [3.8, 4) is 0 Å². The van der Waals surface area contributed by atoms with Crippen molar-refractivity contribution < 1.29 is 89.4 Å². The quantitative estimate of drug-likeness (QED) is 0.0199. The standard InChI is InChI=1S/C77H119NO18/c1-3-5-7-9-11-13-15-16-17-18-19-20-21-22-23-24-25-26-27-28-29-30-31-32-33-34-35-36-37-38-39-40-41-42-43-44-45-47-49-51-53-55-65(83)78-60(61(82)54-52-50-48-46-14-12-10-8-6-4-2)59-91-75-71(89)68(86)73(63(57-80)93-75)96-77-72(90)69(87)74(64(58-81)94-77)95-76-70(88)67(85)66(84)62(56-79)92-76/h5-8,11,13-14,16-17,19-20,22-23,25-26,28-29,31-32,34-35,37-38,40-41,43-44,46,52,54,60-64,66-77,79-82,84-90H,3-4,9-10,12,15,18,21,24,27,30,33,36,39,42,45,47-51,53,55-59H2,1-2H3,(H,78,83)/b7-5-,8-6+,13-11-,17-16-,20-19-,23-22-,26-25-,29-28-,32-31-,35-34-,38-37-,41-40-,44-43-,46-14+,54-52+. The first kappa shape index (κ1) is 85.1. The average molecular weight is 1350 g/mol. The molecule has 0 aliphatic carbocycles. The van der Waals surface area contributed by atoms with Crippen LogP contribution in [0.4, 0.5) is 0 Å². The Bertz CT molecular complexity index is 2450. The van der Waals surface area contributed by atoms with Gasteiger partial charge in [-0.1, -0.05) is 209 Å². The van der Waals surface area contributed by atoms with Gasteiger partial charge in [0, 0.05) is 6.42 Å². The molecule has 3 fully saturated rings. The molecule has 3 aliphatic heterocycles. The van der Waals surface area contributed by atoms with Gasteiger partial charge < -0.3 is 89.9 Å². The van der Waals surface area contributed by atoms with Crippen LogP contribution >= 0.6 is 0 Å². The van der Waals surface area contributed by atoms with Crippen LogP contribution < -0.4 is 5.32 Å². The van der Waals surface area contributed by atoms with Gasteiger partial charge in [0.05, 0.1) is 38.6 Å². The topological polar surface area (TPSA) is 307 Å². The lowest BCUT2D eigenvalue weighted by Crippen LogP contribution is -2.66. The minimum atomic E-state index is -1.99. The van der Waals surface area contributed by atoms with Gasteiger partial charge in [0.25, 0.3) is 0 Å². The zero-order valence-corrected chi connectivity index (χ0v) is 57.0. The summed E-state index contributed by atoms with van der Waals surface area (Å²) in [5, 5.41) is 120. The fraction of sp³-hybridized carbons (Fsp3) is 0.597. The van der Waals surface area contributed by atoms with Gasteiger partial charge >= 0.3 is 0 Å². The molecule has 0 aromatic carbocycles. The Morgan fingerprint density at radius 1 is 0.375 bits per heavy atom. The molecule has 17 atom stereocenters. The summed E-state index contributed by atoms with van der Waals surface area (Å²) in [6, 6.07) is -1.02. The van der Waals surface area contributed by atoms with Crippen LogP contribution in [0.25, 0.3) is 0 Å². The highest BCUT2D eigenvalue weighted by Gasteiger charge is 2.53. The zero-order valence-electron chi connectivity index (χ0n) is 57.0. The Hall–Kier alpha value is -5.11. The first-order valence-electron chi connectivity index (χ1n) is 35.0. The van der Waals surface area contributed by atoms with E-state index < -0.39 is 131 Å². The van der Waals surface area contributed by atoms with Crippen LogP contribution in [0.5, 0.6) is 0 Å². The maximum absolute atomic E-state index is 13.3. The Labute approximate surface area is 572 Å². The second-order valence-corrected chi connectivity index (χ2v) is 23.9. The summed E-state index contributed by atoms with van der Waals surface area (Å²) < 4.78 is 34.2. The van der Waals surface area contributed by atoms with Crippen LogP contribution in [-0.4, -0.2) is 193 Å². The number of carbonyl (C=O) groups excluding carboxylic acids is 1. The number of carbonyl (C=O) groups is 1. The third-order valence-electron chi connectivity index (χ3n) is 15.9. The molecule has 3 rings (SSSR count). The van der Waals surface area contributed by atoms with E-state index in [-0.39, 0.29) is 12.3 Å². The highest BCUT2D eigenvalue weighted by molar-refractivity contribution is 5.76. The maximum atomic E-state index is 13.3. The number of aliphatic hydroxyl groups is 11. The highest BCUT2D eigenvalue weighted by Crippen LogP contribution is 2.33. The lowest BCUT2D eigenvalue weighted by Gasteiger charge is -2.48. The van der Waals surface area contributed by atoms with E-state index in [0.29, 0.717) is 12.8 Å². The summed E-state index contributed by atoms with van der Waals surface area (Å²) in [6.07, 6.45) is 57.7. The maximum Gasteiger partial charge on any atom is 0.220 e. The molecule has 12 N–H and O–H groups in total. The number of hydrogen-bond donors (Lipinski definition) is 12. The fourth-order valence-corrected chi connectivity index (χ4v) is 10.3. The smallest absolute Gasteiger partial charge is 0.220 e. The molecule has 1 amide bonds. The number of aliphatic hydroxyl groups excluding tert-OH is 11. The van der Waals surface area contributed by atoms with Gasteiger partial charge in [0.15, 0.2) is 18.9 Å². The first-order valence-corrected chi connectivity index (χ1v) is 35.0. The van der Waals surface area contributed by atoms with Crippen LogP contribution in [0, 0.1) is 0 Å². The summed E-state index contributed by atoms with van der Waals surface area (Å²) in [4.78, 5) is 13.3. The molecule has 17 unspecified atom stereocenters. The SMILES string of the molecule is CC/C=C\C/C=C\C/C=C\C/C=C\C/C=C\C/C=C\C/C=C\C/C=C\C/C=C\C/C=C\C/C=C\C/C=C\CCCCCCC(=O)NC(COC1OC(CO)C(OC2OC(CO)C(OC3OC(CO)C(O)C(O)C3O)C(O)C2O)C(O)C1O)C(O)/C=C/CC/C=C/CC/C=C/CC. The van der Waals surface area contributed by atoms with E-state index in [4.69, 9.17) is 28.4 Å². The van der Waals surface area contributed by atoms with E-state index in [2.05, 4.69) is 189 Å². The lowest BCUT2D eigenvalue weighted by molar-refractivity contribution is -0.379. The molecule has 0 aromatic heterocycles. The summed E-state index contributed by atoms with van der Waals surface area (Å²) in [6.45, 7) is 1.38. The molecule has 3 saturated heterocycles. The predicted octanol–water partition coefficient (Wildman–Crippen LogP) is 9.65. The van der Waals surface area contributed by atoms with Crippen LogP contribution in [0.3, 0.4) is 0 Å². The van der Waals surface area contributed by atoms with Crippen molar-refractivity contribution in [1.82, 2.24) is 5.32 Å². The van der Waals surface area contributed by atoms with E-state index in [1.165, 1.54) is 0 Å². The number of allylic oxidation sites excluding steroid dienone is 29.